The van der Waals surface area contributed by atoms with E-state index in [1.54, 1.807) is 0 Å². The highest BCUT2D eigenvalue weighted by molar-refractivity contribution is 4.47. The van der Waals surface area contributed by atoms with E-state index in [1.165, 1.54) is 10.9 Å². The second kappa shape index (κ2) is 1.81. The molecule has 0 bridgehead atoms. The number of hydrogen-bond acceptors (Lipinski definition) is 2. The quantitative estimate of drug-likeness (QED) is 0.435. The highest BCUT2D eigenvalue weighted by Crippen LogP contribution is 1.55. The predicted molar refractivity (Wildman–Crippen MR) is 24.2 cm³/mol. The second-order valence-corrected chi connectivity index (χ2v) is 1.38. The first-order chi connectivity index (χ1) is 3.83. The van der Waals surface area contributed by atoms with E-state index in [0.717, 1.165) is 0 Å². The highest BCUT2D eigenvalue weighted by Gasteiger charge is 1.89. The smallest absolute Gasteiger partial charge is 0.388 e. The molecule has 0 saturated carbocycles. The predicted octanol–water partition coefficient (Wildman–Crippen LogP) is -1.10. The second-order valence-electron chi connectivity index (χ2n) is 1.38. The third kappa shape index (κ3) is 0.776. The Morgan fingerprint density at radius 2 is 2.75 bits per heavy atom. The van der Waals surface area contributed by atoms with Crippen molar-refractivity contribution >= 4 is 0 Å². The summed E-state index contributed by atoms with van der Waals surface area (Å²) in [5.74, 6) is 0. The van der Waals surface area contributed by atoms with E-state index in [1.807, 2.05) is 6.92 Å². The SMILES string of the molecule is CC[n+]1cc(=O)o[n-]1. The highest BCUT2D eigenvalue weighted by atomic mass is 16.5. The monoisotopic (exact) mass is 114 g/mol. The zero-order chi connectivity index (χ0) is 5.98. The summed E-state index contributed by atoms with van der Waals surface area (Å²) in [6, 6.07) is 0. The molecule has 1 rings (SSSR count). The molecule has 0 aliphatic carbocycles. The Morgan fingerprint density at radius 3 is 3.00 bits per heavy atom. The van der Waals surface area contributed by atoms with Crippen molar-refractivity contribution < 1.29 is 9.20 Å². The third-order valence-electron chi connectivity index (χ3n) is 0.814. The van der Waals surface area contributed by atoms with E-state index in [2.05, 4.69) is 9.79 Å². The summed E-state index contributed by atoms with van der Waals surface area (Å²) >= 11 is 0. The summed E-state index contributed by atoms with van der Waals surface area (Å²) < 4.78 is 5.65. The van der Waals surface area contributed by atoms with Crippen molar-refractivity contribution in [3.63, 3.8) is 0 Å². The minimum absolute atomic E-state index is 0.396. The van der Waals surface area contributed by atoms with E-state index in [4.69, 9.17) is 0 Å². The van der Waals surface area contributed by atoms with E-state index in [0.29, 0.717) is 6.54 Å². The van der Waals surface area contributed by atoms with E-state index in [-0.39, 0.29) is 0 Å². The van der Waals surface area contributed by atoms with Crippen LogP contribution in [0.2, 0.25) is 0 Å². The zero-order valence-corrected chi connectivity index (χ0v) is 4.50. The van der Waals surface area contributed by atoms with Crippen molar-refractivity contribution in [2.45, 2.75) is 13.5 Å². The molecule has 0 amide bonds. The van der Waals surface area contributed by atoms with Gasteiger partial charge in [0.15, 0.2) is 0 Å². The summed E-state index contributed by atoms with van der Waals surface area (Å²) in [4.78, 5) is 10.2. The van der Waals surface area contributed by atoms with Gasteiger partial charge in [0.25, 0.3) is 0 Å². The van der Waals surface area contributed by atoms with Crippen LogP contribution in [0.4, 0.5) is 0 Å². The molecule has 0 aromatic carbocycles. The Labute approximate surface area is 45.7 Å². The van der Waals surface area contributed by atoms with Crippen LogP contribution in [-0.2, 0) is 6.54 Å². The molecular weight excluding hydrogens is 108 g/mol. The number of aromatic nitrogens is 2. The molecule has 1 aromatic heterocycles. The molecule has 1 aromatic rings. The standard InChI is InChI=1S/C4H6N2O2/c1-2-6-3-4(7)8-5-6/h3H,2H2,1H3. The van der Waals surface area contributed by atoms with Gasteiger partial charge in [0.2, 0.25) is 6.20 Å². The fourth-order valence-corrected chi connectivity index (χ4v) is 0.411. The summed E-state index contributed by atoms with van der Waals surface area (Å²) in [6.07, 6.45) is 1.31. The topological polar surface area (TPSA) is 48.2 Å². The third-order valence-corrected chi connectivity index (χ3v) is 0.814. The van der Waals surface area contributed by atoms with Crippen molar-refractivity contribution in [3.8, 4) is 0 Å². The van der Waals surface area contributed by atoms with E-state index in [9.17, 15) is 4.79 Å². The molecule has 0 aliphatic rings. The molecule has 0 spiro atoms. The first kappa shape index (κ1) is 5.08. The van der Waals surface area contributed by atoms with Crippen LogP contribution < -0.4 is 15.6 Å². The van der Waals surface area contributed by atoms with Gasteiger partial charge in [-0.05, 0) is 6.92 Å². The van der Waals surface area contributed by atoms with Gasteiger partial charge >= 0.3 is 5.63 Å². The van der Waals surface area contributed by atoms with Gasteiger partial charge in [0.1, 0.15) is 6.54 Å². The molecular formula is C4H6N2O2. The lowest BCUT2D eigenvalue weighted by atomic mass is 10.7. The van der Waals surface area contributed by atoms with Crippen LogP contribution in [-0.4, -0.2) is 0 Å². The maximum atomic E-state index is 10.2. The molecule has 0 fully saturated rings. The summed E-state index contributed by atoms with van der Waals surface area (Å²) in [7, 11) is 0. The summed E-state index contributed by atoms with van der Waals surface area (Å²) in [5, 5.41) is 3.36. The molecule has 0 aliphatic heterocycles. The number of aryl methyl sites for hydroxylation is 1. The van der Waals surface area contributed by atoms with Crippen LogP contribution in [0.3, 0.4) is 0 Å². The van der Waals surface area contributed by atoms with Crippen molar-refractivity contribution in [1.29, 1.82) is 0 Å². The Morgan fingerprint density at radius 1 is 2.00 bits per heavy atom. The zero-order valence-electron chi connectivity index (χ0n) is 4.50. The van der Waals surface area contributed by atoms with Crippen molar-refractivity contribution in [1.82, 2.24) is 5.27 Å². The lowest BCUT2D eigenvalue weighted by molar-refractivity contribution is -0.764. The van der Waals surface area contributed by atoms with Crippen LogP contribution in [0.25, 0.3) is 0 Å². The van der Waals surface area contributed by atoms with Gasteiger partial charge in [-0.1, -0.05) is 0 Å². The molecule has 1 heterocycles. The fourth-order valence-electron chi connectivity index (χ4n) is 0.411. The van der Waals surface area contributed by atoms with Crippen molar-refractivity contribution in [3.05, 3.63) is 16.6 Å². The van der Waals surface area contributed by atoms with Crippen molar-refractivity contribution in [2.75, 3.05) is 0 Å². The van der Waals surface area contributed by atoms with Gasteiger partial charge in [-0.3, -0.25) is 5.27 Å². The van der Waals surface area contributed by atoms with Gasteiger partial charge in [0.05, 0.1) is 0 Å². The van der Waals surface area contributed by atoms with Crippen LogP contribution in [0.5, 0.6) is 0 Å². The average molecular weight is 114 g/mol. The maximum Gasteiger partial charge on any atom is 0.388 e. The van der Waals surface area contributed by atoms with Gasteiger partial charge in [-0.25, -0.2) is 9.48 Å². The summed E-state index contributed by atoms with van der Waals surface area (Å²) in [5.41, 5.74) is -0.396. The van der Waals surface area contributed by atoms with E-state index >= 15 is 0 Å². The molecule has 0 radical (unpaired) electrons. The number of nitrogens with zero attached hydrogens (tertiary/aromatic N) is 2. The average Bonchev–Trinajstić information content (AvgIpc) is 2.14. The molecule has 4 heteroatoms. The molecule has 4 nitrogen and oxygen atoms in total. The minimum Gasteiger partial charge on any atom is -0.471 e. The Kier molecular flexibility index (Phi) is 1.15. The first-order valence-corrected chi connectivity index (χ1v) is 2.36. The van der Waals surface area contributed by atoms with Crippen LogP contribution in [0.15, 0.2) is 15.5 Å². The molecule has 44 valence electrons. The van der Waals surface area contributed by atoms with Gasteiger partial charge in [-0.2, -0.15) is 0 Å². The largest absolute Gasteiger partial charge is 0.471 e. The van der Waals surface area contributed by atoms with Crippen molar-refractivity contribution in [2.24, 2.45) is 0 Å². The van der Waals surface area contributed by atoms with Crippen LogP contribution in [0.1, 0.15) is 6.92 Å². The minimum atomic E-state index is -0.396. The van der Waals surface area contributed by atoms with E-state index < -0.39 is 5.63 Å². The first-order valence-electron chi connectivity index (χ1n) is 2.36. The Bertz CT molecular complexity index is 212. The lowest BCUT2D eigenvalue weighted by Crippen LogP contribution is -2.35. The molecule has 0 atom stereocenters. The molecule has 0 saturated heterocycles. The Balaban J connectivity index is 3.01. The number of rotatable bonds is 1. The normalized spacial score (nSPS) is 9.62. The maximum absolute atomic E-state index is 10.2. The Hall–Kier alpha value is -1.06. The van der Waals surface area contributed by atoms with Crippen LogP contribution >= 0.6 is 0 Å². The van der Waals surface area contributed by atoms with Gasteiger partial charge in [0, 0.05) is 0 Å². The lowest BCUT2D eigenvalue weighted by Gasteiger charge is -1.85. The fraction of sp³-hybridized carbons (Fsp3) is 0.500. The van der Waals surface area contributed by atoms with Gasteiger partial charge < -0.3 is 4.52 Å². The number of hydrogen-bond donors (Lipinski definition) is 0. The molecule has 0 N–H and O–H groups in total. The van der Waals surface area contributed by atoms with Crippen LogP contribution in [0, 0.1) is 0 Å². The summed E-state index contributed by atoms with van der Waals surface area (Å²) in [6.45, 7) is 2.55. The molecule has 0 unspecified atom stereocenters. The van der Waals surface area contributed by atoms with Gasteiger partial charge in [-0.15, -0.1) is 0 Å². The molecule has 8 heavy (non-hydrogen) atoms.